The number of anilines is 2. The number of aromatic amines is 1. The van der Waals surface area contributed by atoms with Crippen molar-refractivity contribution < 1.29 is 14.4 Å². The number of benzene rings is 1. The van der Waals surface area contributed by atoms with Crippen molar-refractivity contribution in [2.75, 3.05) is 10.6 Å². The maximum atomic E-state index is 13.7. The van der Waals surface area contributed by atoms with Crippen LogP contribution in [0.3, 0.4) is 0 Å². The summed E-state index contributed by atoms with van der Waals surface area (Å²) in [5.74, 6) is 4.75. The second-order valence-electron chi connectivity index (χ2n) is 15.4. The van der Waals surface area contributed by atoms with Crippen LogP contribution in [-0.4, -0.2) is 32.5 Å². The van der Waals surface area contributed by atoms with Crippen molar-refractivity contribution in [3.05, 3.63) is 36.5 Å². The number of rotatable bonds is 5. The number of ketones is 1. The number of hydrogen-bond acceptors (Lipinski definition) is 5. The Bertz CT molecular complexity index is 1680. The third-order valence-corrected chi connectivity index (χ3v) is 12.9. The van der Waals surface area contributed by atoms with Gasteiger partial charge in [0.1, 0.15) is 17.4 Å². The predicted octanol–water partition coefficient (Wildman–Crippen LogP) is 6.89. The molecule has 8 nitrogen and oxygen atoms in total. The minimum Gasteiger partial charge on any atom is -0.337 e. The predicted molar refractivity (Wildman–Crippen MR) is 167 cm³/mol. The third kappa shape index (κ3) is 4.19. The van der Waals surface area contributed by atoms with Gasteiger partial charge in [0.15, 0.2) is 0 Å². The first kappa shape index (κ1) is 26.8. The average Bonchev–Trinajstić information content (AvgIpc) is 3.57. The topological polar surface area (TPSA) is 117 Å². The van der Waals surface area contributed by atoms with Crippen molar-refractivity contribution in [1.29, 1.82) is 0 Å². The van der Waals surface area contributed by atoms with Crippen molar-refractivity contribution in [3.8, 4) is 11.4 Å². The summed E-state index contributed by atoms with van der Waals surface area (Å²) in [5.41, 5.74) is 2.63. The number of fused-ring (bicyclic) bond motifs is 5. The van der Waals surface area contributed by atoms with Gasteiger partial charge in [0.05, 0.1) is 28.1 Å². The molecular weight excluding hydrogens is 550 g/mol. The van der Waals surface area contributed by atoms with Gasteiger partial charge in [0.25, 0.3) is 0 Å². The zero-order valence-corrected chi connectivity index (χ0v) is 25.2. The molecule has 0 radical (unpaired) electrons. The summed E-state index contributed by atoms with van der Waals surface area (Å²) in [4.78, 5) is 52.8. The SMILES string of the molecule is O=C1C2CC3CC(C(=O)Nc4cc5nc(-c6ccc(NC(=O)C78CCCC9CC(CC9C7)C8)cc6)[nH]c5cn4)(CCCC13)C2. The first-order valence-electron chi connectivity index (χ1n) is 17.0. The number of nitrogens with one attached hydrogen (secondary N) is 3. The molecule has 0 aliphatic heterocycles. The van der Waals surface area contributed by atoms with Gasteiger partial charge in [-0.3, -0.25) is 14.4 Å². The zero-order chi connectivity index (χ0) is 29.6. The molecule has 8 unspecified atom stereocenters. The van der Waals surface area contributed by atoms with Crippen molar-refractivity contribution in [2.24, 2.45) is 46.3 Å². The standard InChI is InChI=1S/C36H41N5O3/c42-31-25-13-24-17-36(18-25,10-2-4-27(24)31)34(44)41-30-14-28-29(19-37-30)40-32(39-28)21-5-7-26(8-6-21)38-33(43)35-9-1-3-22-11-20(15-35)12-23(22)16-35/h5-8,14,19-20,22-25,27H,1-4,9-13,15-18H2,(H,38,43)(H,39,40)(H,37,41,44). The van der Waals surface area contributed by atoms with Gasteiger partial charge in [-0.15, -0.1) is 0 Å². The summed E-state index contributed by atoms with van der Waals surface area (Å²) in [6.45, 7) is 0. The molecule has 0 spiro atoms. The Balaban J connectivity index is 0.897. The fourth-order valence-electron chi connectivity index (χ4n) is 11.0. The van der Waals surface area contributed by atoms with E-state index in [9.17, 15) is 14.4 Å². The molecular formula is C36H41N5O3. The van der Waals surface area contributed by atoms with Crippen LogP contribution in [0, 0.1) is 46.3 Å². The zero-order valence-electron chi connectivity index (χ0n) is 25.2. The van der Waals surface area contributed by atoms with Crippen LogP contribution < -0.4 is 10.6 Å². The number of carbonyl (C=O) groups excluding carboxylic acids is 3. The molecule has 9 rings (SSSR count). The number of pyridine rings is 1. The lowest BCUT2D eigenvalue weighted by molar-refractivity contribution is -0.131. The Labute approximate surface area is 257 Å². The molecule has 1 aromatic carbocycles. The lowest BCUT2D eigenvalue weighted by atomic mass is 9.66. The van der Waals surface area contributed by atoms with Crippen molar-refractivity contribution >= 4 is 40.1 Å². The number of nitrogens with zero attached hydrogens (tertiary/aromatic N) is 2. The van der Waals surface area contributed by atoms with Crippen LogP contribution in [0.15, 0.2) is 36.5 Å². The number of H-pyrrole nitrogens is 1. The highest BCUT2D eigenvalue weighted by Crippen LogP contribution is 2.59. The highest BCUT2D eigenvalue weighted by Gasteiger charge is 2.57. The Kier molecular flexibility index (Phi) is 5.93. The fraction of sp³-hybridized carbons (Fsp3) is 0.583. The second-order valence-corrected chi connectivity index (χ2v) is 15.4. The summed E-state index contributed by atoms with van der Waals surface area (Å²) < 4.78 is 0. The molecule has 228 valence electrons. The van der Waals surface area contributed by atoms with Crippen LogP contribution in [0.4, 0.5) is 11.5 Å². The van der Waals surface area contributed by atoms with E-state index in [2.05, 4.69) is 20.6 Å². The van der Waals surface area contributed by atoms with Crippen LogP contribution >= 0.6 is 0 Å². The van der Waals surface area contributed by atoms with E-state index in [4.69, 9.17) is 4.98 Å². The van der Waals surface area contributed by atoms with Crippen LogP contribution in [0.2, 0.25) is 0 Å². The van der Waals surface area contributed by atoms with Gasteiger partial charge in [0.2, 0.25) is 11.8 Å². The van der Waals surface area contributed by atoms with Crippen LogP contribution in [0.5, 0.6) is 0 Å². The maximum absolute atomic E-state index is 13.7. The Morgan fingerprint density at radius 1 is 0.841 bits per heavy atom. The third-order valence-electron chi connectivity index (χ3n) is 12.9. The van der Waals surface area contributed by atoms with Gasteiger partial charge < -0.3 is 15.6 Å². The monoisotopic (exact) mass is 591 g/mol. The molecule has 3 N–H and O–H groups in total. The van der Waals surface area contributed by atoms with Crippen LogP contribution in [-0.2, 0) is 14.4 Å². The van der Waals surface area contributed by atoms with E-state index in [-0.39, 0.29) is 29.1 Å². The molecule has 6 saturated carbocycles. The summed E-state index contributed by atoms with van der Waals surface area (Å²) in [7, 11) is 0. The van der Waals surface area contributed by atoms with E-state index in [1.165, 1.54) is 25.7 Å². The van der Waals surface area contributed by atoms with E-state index in [1.54, 1.807) is 6.20 Å². The van der Waals surface area contributed by atoms with Crippen molar-refractivity contribution in [1.82, 2.24) is 15.0 Å². The van der Waals surface area contributed by atoms with E-state index >= 15 is 0 Å². The van der Waals surface area contributed by atoms with Gasteiger partial charge in [-0.1, -0.05) is 19.3 Å². The van der Waals surface area contributed by atoms with Gasteiger partial charge in [0, 0.05) is 29.2 Å². The van der Waals surface area contributed by atoms with E-state index in [0.29, 0.717) is 23.9 Å². The number of amides is 2. The minimum atomic E-state index is -0.464. The van der Waals surface area contributed by atoms with E-state index in [0.717, 1.165) is 97.2 Å². The Morgan fingerprint density at radius 3 is 2.45 bits per heavy atom. The molecule has 6 aliphatic carbocycles. The van der Waals surface area contributed by atoms with Crippen molar-refractivity contribution in [2.45, 2.75) is 83.5 Å². The molecule has 6 bridgehead atoms. The van der Waals surface area contributed by atoms with Gasteiger partial charge in [-0.2, -0.15) is 0 Å². The van der Waals surface area contributed by atoms with Gasteiger partial charge >= 0.3 is 0 Å². The number of carbonyl (C=O) groups is 3. The summed E-state index contributed by atoms with van der Waals surface area (Å²) in [5, 5.41) is 6.37. The number of imidazole rings is 1. The van der Waals surface area contributed by atoms with Crippen molar-refractivity contribution in [3.63, 3.8) is 0 Å². The number of Topliss-reactive ketones (excluding diaryl/α,β-unsaturated/α-hetero) is 1. The molecule has 8 atom stereocenters. The first-order valence-corrected chi connectivity index (χ1v) is 17.0. The van der Waals surface area contributed by atoms with Gasteiger partial charge in [-0.25, -0.2) is 9.97 Å². The van der Waals surface area contributed by atoms with Gasteiger partial charge in [-0.05, 0) is 112 Å². The first-order chi connectivity index (χ1) is 21.4. The number of hydrogen-bond donors (Lipinski definition) is 3. The second kappa shape index (κ2) is 9.72. The molecule has 6 aliphatic rings. The van der Waals surface area contributed by atoms with Crippen LogP contribution in [0.25, 0.3) is 22.4 Å². The summed E-state index contributed by atoms with van der Waals surface area (Å²) in [6.07, 6.45) is 15.2. The fourth-order valence-corrected chi connectivity index (χ4v) is 11.0. The summed E-state index contributed by atoms with van der Waals surface area (Å²) >= 11 is 0. The normalized spacial score (nSPS) is 36.8. The smallest absolute Gasteiger partial charge is 0.231 e. The molecule has 2 amide bonds. The molecule has 0 saturated heterocycles. The summed E-state index contributed by atoms with van der Waals surface area (Å²) in [6, 6.07) is 9.75. The molecule has 8 heteroatoms. The lowest BCUT2D eigenvalue weighted by Gasteiger charge is -2.38. The Morgan fingerprint density at radius 2 is 1.59 bits per heavy atom. The molecule has 44 heavy (non-hydrogen) atoms. The highest BCUT2D eigenvalue weighted by atomic mass is 16.2. The maximum Gasteiger partial charge on any atom is 0.231 e. The molecule has 6 fully saturated rings. The molecule has 2 aromatic heterocycles. The minimum absolute atomic E-state index is 0.00637. The number of aromatic nitrogens is 3. The lowest BCUT2D eigenvalue weighted by Crippen LogP contribution is -2.41. The quantitative estimate of drug-likeness (QED) is 0.299. The van der Waals surface area contributed by atoms with E-state index < -0.39 is 5.41 Å². The highest BCUT2D eigenvalue weighted by molar-refractivity contribution is 5.98. The van der Waals surface area contributed by atoms with E-state index in [1.807, 2.05) is 30.3 Å². The molecule has 3 aromatic rings. The Hall–Kier alpha value is -3.55. The van der Waals surface area contributed by atoms with Crippen LogP contribution in [0.1, 0.15) is 83.5 Å². The largest absolute Gasteiger partial charge is 0.337 e. The molecule has 2 heterocycles. The average molecular weight is 592 g/mol.